The highest BCUT2D eigenvalue weighted by Gasteiger charge is 2.31. The van der Waals surface area contributed by atoms with Gasteiger partial charge in [0.2, 0.25) is 21.8 Å². The Morgan fingerprint density at radius 3 is 2.33 bits per heavy atom. The summed E-state index contributed by atoms with van der Waals surface area (Å²) in [5, 5.41) is 4.05. The zero-order valence-electron chi connectivity index (χ0n) is 23.4. The zero-order chi connectivity index (χ0) is 29.3. The van der Waals surface area contributed by atoms with Crippen LogP contribution in [0.2, 0.25) is 10.0 Å². The molecular weight excluding hydrogens is 573 g/mol. The van der Waals surface area contributed by atoms with Gasteiger partial charge in [0.25, 0.3) is 0 Å². The molecule has 2 amide bonds. The number of ether oxygens (including phenoxy) is 1. The van der Waals surface area contributed by atoms with Gasteiger partial charge in [0, 0.05) is 35.6 Å². The van der Waals surface area contributed by atoms with Crippen LogP contribution in [0.25, 0.3) is 0 Å². The molecular formula is C29H39Cl2N3O5S. The highest BCUT2D eigenvalue weighted by Crippen LogP contribution is 2.26. The van der Waals surface area contributed by atoms with E-state index in [2.05, 4.69) is 5.32 Å². The van der Waals surface area contributed by atoms with Crippen molar-refractivity contribution in [3.63, 3.8) is 0 Å². The third-order valence-electron chi connectivity index (χ3n) is 7.21. The number of hydrogen-bond acceptors (Lipinski definition) is 5. The van der Waals surface area contributed by atoms with Gasteiger partial charge in [0.15, 0.2) is 0 Å². The van der Waals surface area contributed by atoms with E-state index in [9.17, 15) is 18.0 Å². The van der Waals surface area contributed by atoms with Crippen LogP contribution >= 0.6 is 23.2 Å². The monoisotopic (exact) mass is 611 g/mol. The minimum Gasteiger partial charge on any atom is -0.497 e. The van der Waals surface area contributed by atoms with E-state index in [1.165, 1.54) is 17.8 Å². The van der Waals surface area contributed by atoms with Gasteiger partial charge in [-0.05, 0) is 67.6 Å². The Labute approximate surface area is 248 Å². The second kappa shape index (κ2) is 14.9. The van der Waals surface area contributed by atoms with E-state index in [1.54, 1.807) is 47.4 Å². The molecule has 0 aromatic heterocycles. The molecule has 1 fully saturated rings. The molecule has 0 spiro atoms. The van der Waals surface area contributed by atoms with Crippen molar-refractivity contribution in [2.24, 2.45) is 0 Å². The molecule has 0 radical (unpaired) electrons. The van der Waals surface area contributed by atoms with Crippen LogP contribution < -0.4 is 14.4 Å². The molecule has 2 aromatic carbocycles. The summed E-state index contributed by atoms with van der Waals surface area (Å²) in [6.07, 6.45) is 7.09. The summed E-state index contributed by atoms with van der Waals surface area (Å²) >= 11 is 12.5. The summed E-state index contributed by atoms with van der Waals surface area (Å²) in [6.45, 7) is 2.13. The van der Waals surface area contributed by atoms with E-state index in [4.69, 9.17) is 27.9 Å². The van der Waals surface area contributed by atoms with Crippen molar-refractivity contribution in [1.82, 2.24) is 10.2 Å². The number of hydrogen-bond donors (Lipinski definition) is 1. The van der Waals surface area contributed by atoms with Gasteiger partial charge in [0.05, 0.1) is 19.1 Å². The molecule has 0 aliphatic heterocycles. The molecule has 0 heterocycles. The second-order valence-electron chi connectivity index (χ2n) is 10.2. The Kier molecular flexibility index (Phi) is 12.0. The summed E-state index contributed by atoms with van der Waals surface area (Å²) in [5.74, 6) is 0.185. The van der Waals surface area contributed by atoms with Crippen LogP contribution in [0.4, 0.5) is 5.69 Å². The molecule has 1 atom stereocenters. The molecule has 1 aliphatic rings. The lowest BCUT2D eigenvalue weighted by atomic mass is 9.95. The van der Waals surface area contributed by atoms with Gasteiger partial charge in [-0.2, -0.15) is 0 Å². The number of halogens is 2. The lowest BCUT2D eigenvalue weighted by Crippen LogP contribution is -2.51. The molecule has 0 saturated heterocycles. The zero-order valence-corrected chi connectivity index (χ0v) is 25.7. The lowest BCUT2D eigenvalue weighted by molar-refractivity contribution is -0.141. The third kappa shape index (κ3) is 9.01. The van der Waals surface area contributed by atoms with Crippen LogP contribution in [0, 0.1) is 0 Å². The number of amides is 2. The molecule has 2 aromatic rings. The quantitative estimate of drug-likeness (QED) is 0.308. The van der Waals surface area contributed by atoms with Gasteiger partial charge in [0.1, 0.15) is 11.8 Å². The standard InChI is InChI=1S/C29H39Cl2N3O5S/c1-4-27(29(36)32-23-9-6-5-7-10-23)33(20-21-12-13-22(30)19-26(21)31)28(35)11-8-18-34(40(3,37)38)24-14-16-25(39-2)17-15-24/h12-17,19,23,27H,4-11,18,20H2,1-3H3,(H,32,36). The van der Waals surface area contributed by atoms with Gasteiger partial charge < -0.3 is 15.0 Å². The fraction of sp³-hybridized carbons (Fsp3) is 0.517. The number of carbonyl (C=O) groups is 2. The fourth-order valence-electron chi connectivity index (χ4n) is 5.05. The van der Waals surface area contributed by atoms with E-state index >= 15 is 0 Å². The number of methoxy groups -OCH3 is 1. The maximum Gasteiger partial charge on any atom is 0.243 e. The highest BCUT2D eigenvalue weighted by molar-refractivity contribution is 7.92. The van der Waals surface area contributed by atoms with Crippen molar-refractivity contribution in [2.75, 3.05) is 24.2 Å². The fourth-order valence-corrected chi connectivity index (χ4v) is 6.48. The van der Waals surface area contributed by atoms with E-state index in [0.29, 0.717) is 33.5 Å². The van der Waals surface area contributed by atoms with Crippen molar-refractivity contribution in [3.8, 4) is 5.75 Å². The summed E-state index contributed by atoms with van der Waals surface area (Å²) in [6, 6.07) is 11.2. The van der Waals surface area contributed by atoms with Crippen LogP contribution in [0.1, 0.15) is 63.9 Å². The maximum atomic E-state index is 13.7. The second-order valence-corrected chi connectivity index (χ2v) is 12.9. The highest BCUT2D eigenvalue weighted by atomic mass is 35.5. The summed E-state index contributed by atoms with van der Waals surface area (Å²) in [7, 11) is -2.05. The van der Waals surface area contributed by atoms with Crippen molar-refractivity contribution in [2.45, 2.75) is 76.9 Å². The van der Waals surface area contributed by atoms with Crippen LogP contribution in [0.3, 0.4) is 0 Å². The van der Waals surface area contributed by atoms with Crippen molar-refractivity contribution in [1.29, 1.82) is 0 Å². The van der Waals surface area contributed by atoms with E-state index in [-0.39, 0.29) is 43.8 Å². The normalized spacial score (nSPS) is 14.8. The molecule has 1 aliphatic carbocycles. The van der Waals surface area contributed by atoms with Crippen LogP contribution in [0.5, 0.6) is 5.75 Å². The topological polar surface area (TPSA) is 96.0 Å². The Morgan fingerprint density at radius 1 is 1.07 bits per heavy atom. The van der Waals surface area contributed by atoms with E-state index in [0.717, 1.165) is 31.9 Å². The molecule has 220 valence electrons. The number of sulfonamides is 1. The molecule has 1 N–H and O–H groups in total. The van der Waals surface area contributed by atoms with Gasteiger partial charge >= 0.3 is 0 Å². The van der Waals surface area contributed by atoms with Gasteiger partial charge in [-0.25, -0.2) is 8.42 Å². The van der Waals surface area contributed by atoms with E-state index < -0.39 is 16.1 Å². The van der Waals surface area contributed by atoms with Crippen LogP contribution in [0.15, 0.2) is 42.5 Å². The van der Waals surface area contributed by atoms with Crippen molar-refractivity contribution < 1.29 is 22.7 Å². The first-order valence-corrected chi connectivity index (χ1v) is 16.3. The summed E-state index contributed by atoms with van der Waals surface area (Å²) in [4.78, 5) is 28.6. The number of benzene rings is 2. The first kappa shape index (κ1) is 32.0. The maximum absolute atomic E-state index is 13.7. The molecule has 11 heteroatoms. The number of anilines is 1. The predicted octanol–water partition coefficient (Wildman–Crippen LogP) is 5.80. The average Bonchev–Trinajstić information content (AvgIpc) is 2.92. The smallest absolute Gasteiger partial charge is 0.243 e. The number of carbonyl (C=O) groups excluding carboxylic acids is 2. The van der Waals surface area contributed by atoms with Gasteiger partial charge in [-0.3, -0.25) is 13.9 Å². The Balaban J connectivity index is 1.78. The number of rotatable bonds is 13. The number of nitrogens with one attached hydrogen (secondary N) is 1. The first-order valence-electron chi connectivity index (χ1n) is 13.7. The van der Waals surface area contributed by atoms with Crippen molar-refractivity contribution in [3.05, 3.63) is 58.1 Å². The van der Waals surface area contributed by atoms with Gasteiger partial charge in [-0.15, -0.1) is 0 Å². The van der Waals surface area contributed by atoms with Crippen LogP contribution in [-0.4, -0.2) is 57.1 Å². The molecule has 0 bridgehead atoms. The first-order chi connectivity index (χ1) is 19.0. The Hall–Kier alpha value is -2.49. The Morgan fingerprint density at radius 2 is 1.75 bits per heavy atom. The van der Waals surface area contributed by atoms with Crippen molar-refractivity contribution >= 4 is 50.7 Å². The molecule has 1 saturated carbocycles. The minimum atomic E-state index is -3.59. The average molecular weight is 613 g/mol. The third-order valence-corrected chi connectivity index (χ3v) is 8.99. The summed E-state index contributed by atoms with van der Waals surface area (Å²) in [5.41, 5.74) is 1.16. The minimum absolute atomic E-state index is 0.0561. The Bertz CT molecular complexity index is 1250. The number of nitrogens with zero attached hydrogens (tertiary/aromatic N) is 2. The SMILES string of the molecule is CCC(C(=O)NC1CCCCC1)N(Cc1ccc(Cl)cc1Cl)C(=O)CCCN(c1ccc(OC)cc1)S(C)(=O)=O. The molecule has 1 unspecified atom stereocenters. The molecule has 8 nitrogen and oxygen atoms in total. The van der Waals surface area contributed by atoms with Crippen LogP contribution in [-0.2, 0) is 26.2 Å². The summed E-state index contributed by atoms with van der Waals surface area (Å²) < 4.78 is 31.6. The predicted molar refractivity (Wildman–Crippen MR) is 161 cm³/mol. The molecule has 40 heavy (non-hydrogen) atoms. The largest absolute Gasteiger partial charge is 0.497 e. The van der Waals surface area contributed by atoms with Gasteiger partial charge in [-0.1, -0.05) is 55.5 Å². The van der Waals surface area contributed by atoms with E-state index in [1.807, 2.05) is 6.92 Å². The lowest BCUT2D eigenvalue weighted by Gasteiger charge is -2.33. The molecule has 3 rings (SSSR count).